The number of furan rings is 1. The summed E-state index contributed by atoms with van der Waals surface area (Å²) in [4.78, 5) is 4.35. The van der Waals surface area contributed by atoms with Crippen LogP contribution in [0.25, 0.3) is 22.6 Å². The molecule has 0 saturated heterocycles. The Balaban J connectivity index is 1.95. The van der Waals surface area contributed by atoms with E-state index in [1.54, 1.807) is 24.5 Å². The van der Waals surface area contributed by atoms with Gasteiger partial charge in [-0.05, 0) is 35.9 Å². The Kier molecular flexibility index (Phi) is 2.91. The first kappa shape index (κ1) is 13.2. The lowest BCUT2D eigenvalue weighted by Gasteiger charge is -2.10. The Morgan fingerprint density at radius 1 is 1.13 bits per heavy atom. The quantitative estimate of drug-likeness (QED) is 0.781. The van der Waals surface area contributed by atoms with E-state index in [0.29, 0.717) is 28.5 Å². The van der Waals surface area contributed by atoms with Crippen LogP contribution in [0.5, 0.6) is 11.5 Å². The predicted octanol–water partition coefficient (Wildman–Crippen LogP) is 3.19. The van der Waals surface area contributed by atoms with Crippen LogP contribution in [-0.2, 0) is 0 Å². The maximum Gasteiger partial charge on any atom is 0.231 e. The number of rotatable bonds is 2. The highest BCUT2D eigenvalue weighted by Gasteiger charge is 2.19. The lowest BCUT2D eigenvalue weighted by atomic mass is 10.00. The van der Waals surface area contributed by atoms with Gasteiger partial charge in [0.2, 0.25) is 6.79 Å². The van der Waals surface area contributed by atoms with Gasteiger partial charge in [0, 0.05) is 5.56 Å². The van der Waals surface area contributed by atoms with Gasteiger partial charge >= 0.3 is 0 Å². The third-order valence-corrected chi connectivity index (χ3v) is 3.61. The van der Waals surface area contributed by atoms with Crippen molar-refractivity contribution in [1.82, 2.24) is 4.98 Å². The molecular formula is C17H11N3O3. The molecule has 6 heteroatoms. The second-order valence-electron chi connectivity index (χ2n) is 4.97. The van der Waals surface area contributed by atoms with Crippen LogP contribution in [0.4, 0.5) is 5.82 Å². The minimum absolute atomic E-state index is 0.170. The van der Waals surface area contributed by atoms with Crippen LogP contribution in [0, 0.1) is 11.3 Å². The molecule has 4 rings (SSSR count). The third kappa shape index (κ3) is 2.15. The number of ether oxygens (including phenoxy) is 2. The molecule has 0 aliphatic carbocycles. The van der Waals surface area contributed by atoms with E-state index in [9.17, 15) is 5.26 Å². The molecule has 23 heavy (non-hydrogen) atoms. The molecule has 0 radical (unpaired) electrons. The minimum atomic E-state index is 0.170. The van der Waals surface area contributed by atoms with Crippen molar-refractivity contribution in [3.05, 3.63) is 48.2 Å². The molecule has 0 fully saturated rings. The van der Waals surface area contributed by atoms with E-state index in [1.165, 1.54) is 0 Å². The second-order valence-corrected chi connectivity index (χ2v) is 4.97. The van der Waals surface area contributed by atoms with E-state index < -0.39 is 0 Å². The fourth-order valence-corrected chi connectivity index (χ4v) is 2.50. The number of pyridine rings is 1. The number of fused-ring (bicyclic) bond motifs is 1. The zero-order valence-corrected chi connectivity index (χ0v) is 11.9. The van der Waals surface area contributed by atoms with Gasteiger partial charge in [-0.2, -0.15) is 5.26 Å². The van der Waals surface area contributed by atoms with Crippen LogP contribution in [0.1, 0.15) is 5.56 Å². The number of nitrogen functional groups attached to an aromatic ring is 1. The molecule has 0 atom stereocenters. The summed E-state index contributed by atoms with van der Waals surface area (Å²) < 4.78 is 16.2. The molecule has 0 bridgehead atoms. The van der Waals surface area contributed by atoms with E-state index >= 15 is 0 Å². The second kappa shape index (κ2) is 5.07. The first-order valence-electron chi connectivity index (χ1n) is 6.91. The maximum atomic E-state index is 9.23. The molecule has 1 aromatic carbocycles. The van der Waals surface area contributed by atoms with Gasteiger partial charge < -0.3 is 19.6 Å². The van der Waals surface area contributed by atoms with Crippen molar-refractivity contribution in [3.8, 4) is 40.1 Å². The van der Waals surface area contributed by atoms with Crippen LogP contribution in [-0.4, -0.2) is 11.8 Å². The Labute approximate surface area is 131 Å². The number of hydrogen-bond acceptors (Lipinski definition) is 6. The van der Waals surface area contributed by atoms with Gasteiger partial charge in [-0.25, -0.2) is 4.98 Å². The van der Waals surface area contributed by atoms with Crippen molar-refractivity contribution in [2.24, 2.45) is 0 Å². The summed E-state index contributed by atoms with van der Waals surface area (Å²) in [6.07, 6.45) is 1.56. The van der Waals surface area contributed by atoms with Gasteiger partial charge in [-0.3, -0.25) is 0 Å². The lowest BCUT2D eigenvalue weighted by molar-refractivity contribution is 0.174. The Morgan fingerprint density at radius 3 is 2.78 bits per heavy atom. The van der Waals surface area contributed by atoms with Gasteiger partial charge in [0.1, 0.15) is 17.6 Å². The van der Waals surface area contributed by atoms with Crippen LogP contribution in [0.15, 0.2) is 47.1 Å². The molecule has 6 nitrogen and oxygen atoms in total. The summed E-state index contributed by atoms with van der Waals surface area (Å²) in [5.41, 5.74) is 8.32. The number of nitrogens with two attached hydrogens (primary N) is 1. The van der Waals surface area contributed by atoms with Crippen molar-refractivity contribution < 1.29 is 13.9 Å². The van der Waals surface area contributed by atoms with Crippen LogP contribution in [0.3, 0.4) is 0 Å². The highest BCUT2D eigenvalue weighted by molar-refractivity contribution is 5.82. The zero-order valence-electron chi connectivity index (χ0n) is 11.9. The minimum Gasteiger partial charge on any atom is -0.463 e. The van der Waals surface area contributed by atoms with Crippen molar-refractivity contribution in [2.45, 2.75) is 0 Å². The number of anilines is 1. The highest BCUT2D eigenvalue weighted by atomic mass is 16.7. The fraction of sp³-hybridized carbons (Fsp3) is 0.0588. The zero-order chi connectivity index (χ0) is 15.8. The normalized spacial score (nSPS) is 12.1. The van der Waals surface area contributed by atoms with Gasteiger partial charge in [0.05, 0.1) is 11.8 Å². The largest absolute Gasteiger partial charge is 0.463 e. The van der Waals surface area contributed by atoms with Crippen molar-refractivity contribution >= 4 is 5.82 Å². The molecular weight excluding hydrogens is 294 g/mol. The molecule has 0 unspecified atom stereocenters. The number of hydrogen-bond donors (Lipinski definition) is 1. The summed E-state index contributed by atoms with van der Waals surface area (Å²) >= 11 is 0. The van der Waals surface area contributed by atoms with Gasteiger partial charge in [-0.1, -0.05) is 6.07 Å². The van der Waals surface area contributed by atoms with E-state index in [4.69, 9.17) is 19.6 Å². The van der Waals surface area contributed by atoms with Crippen LogP contribution >= 0.6 is 0 Å². The molecule has 2 N–H and O–H groups in total. The molecule has 0 amide bonds. The van der Waals surface area contributed by atoms with E-state index in [1.807, 2.05) is 18.2 Å². The molecule has 0 saturated carbocycles. The fourth-order valence-electron chi connectivity index (χ4n) is 2.50. The maximum absolute atomic E-state index is 9.23. The van der Waals surface area contributed by atoms with Crippen molar-refractivity contribution in [1.29, 1.82) is 5.26 Å². The standard InChI is InChI=1S/C17H11N3O3/c18-8-11-6-12(10-3-4-13-15(7-10)23-9-22-13)16(20-17(11)19)14-2-1-5-21-14/h1-7H,9H2,(H2,19,20). The van der Waals surface area contributed by atoms with Crippen molar-refractivity contribution in [3.63, 3.8) is 0 Å². The smallest absolute Gasteiger partial charge is 0.231 e. The first-order valence-corrected chi connectivity index (χ1v) is 6.91. The summed E-state index contributed by atoms with van der Waals surface area (Å²) in [6.45, 7) is 0.202. The Morgan fingerprint density at radius 2 is 2.00 bits per heavy atom. The van der Waals surface area contributed by atoms with Gasteiger partial charge in [0.15, 0.2) is 17.3 Å². The lowest BCUT2D eigenvalue weighted by Crippen LogP contribution is -1.99. The molecule has 112 valence electrons. The molecule has 3 heterocycles. The number of nitrogens with zero attached hydrogens (tertiary/aromatic N) is 2. The Bertz CT molecular complexity index is 927. The van der Waals surface area contributed by atoms with Gasteiger partial charge in [-0.15, -0.1) is 0 Å². The first-order chi connectivity index (χ1) is 11.3. The molecule has 0 spiro atoms. The molecule has 2 aromatic heterocycles. The van der Waals surface area contributed by atoms with Crippen LogP contribution < -0.4 is 15.2 Å². The predicted molar refractivity (Wildman–Crippen MR) is 82.6 cm³/mol. The van der Waals surface area contributed by atoms with E-state index in [2.05, 4.69) is 11.1 Å². The summed E-state index contributed by atoms with van der Waals surface area (Å²) in [6, 6.07) is 12.9. The number of aromatic nitrogens is 1. The molecule has 1 aliphatic rings. The number of benzene rings is 1. The molecule has 1 aliphatic heterocycles. The number of nitriles is 1. The van der Waals surface area contributed by atoms with E-state index in [0.717, 1.165) is 11.1 Å². The average Bonchev–Trinajstić information content (AvgIpc) is 3.25. The van der Waals surface area contributed by atoms with Crippen molar-refractivity contribution in [2.75, 3.05) is 12.5 Å². The van der Waals surface area contributed by atoms with Gasteiger partial charge in [0.25, 0.3) is 0 Å². The summed E-state index contributed by atoms with van der Waals surface area (Å²) in [5.74, 6) is 2.10. The van der Waals surface area contributed by atoms with Crippen LogP contribution in [0.2, 0.25) is 0 Å². The summed E-state index contributed by atoms with van der Waals surface area (Å²) in [5, 5.41) is 9.23. The topological polar surface area (TPSA) is 94.3 Å². The Hall–Kier alpha value is -3.46. The SMILES string of the molecule is N#Cc1cc(-c2ccc3c(c2)OCO3)c(-c2ccco2)nc1N. The average molecular weight is 305 g/mol. The monoisotopic (exact) mass is 305 g/mol. The highest BCUT2D eigenvalue weighted by Crippen LogP contribution is 2.39. The third-order valence-electron chi connectivity index (χ3n) is 3.61. The van der Waals surface area contributed by atoms with E-state index in [-0.39, 0.29) is 12.6 Å². The summed E-state index contributed by atoms with van der Waals surface area (Å²) in [7, 11) is 0. The molecule has 3 aromatic rings.